The number of rotatable bonds is 2. The molecule has 6 heteroatoms. The van der Waals surface area contributed by atoms with Gasteiger partial charge in [0.2, 0.25) is 0 Å². The molecule has 1 aromatic rings. The van der Waals surface area contributed by atoms with Gasteiger partial charge in [0.1, 0.15) is 0 Å². The number of aromatic hydroxyl groups is 1. The van der Waals surface area contributed by atoms with Crippen molar-refractivity contribution in [3.05, 3.63) is 33.9 Å². The first kappa shape index (κ1) is 11.4. The molecule has 1 fully saturated rings. The Labute approximate surface area is 97.6 Å². The second-order valence-electron chi connectivity index (χ2n) is 3.96. The van der Waals surface area contributed by atoms with Gasteiger partial charge >= 0.3 is 5.69 Å². The van der Waals surface area contributed by atoms with E-state index in [4.69, 9.17) is 0 Å². The highest BCUT2D eigenvalue weighted by atomic mass is 16.6. The van der Waals surface area contributed by atoms with Crippen molar-refractivity contribution in [2.24, 2.45) is 0 Å². The summed E-state index contributed by atoms with van der Waals surface area (Å²) in [6, 6.07) is 3.68. The van der Waals surface area contributed by atoms with Gasteiger partial charge in [0.15, 0.2) is 5.75 Å². The number of nitro benzene ring substituents is 1. The molecular weight excluding hydrogens is 224 g/mol. The number of nitrogens with zero attached hydrogens (tertiary/aromatic N) is 2. The molecular formula is C11H12N2O4. The SMILES string of the molecule is O=C(c1ccc([N+](=O)[O-])c(O)c1)N1CCCC1. The molecule has 17 heavy (non-hydrogen) atoms. The summed E-state index contributed by atoms with van der Waals surface area (Å²) >= 11 is 0. The average Bonchev–Trinajstić information content (AvgIpc) is 2.80. The molecule has 1 aliphatic heterocycles. The maximum atomic E-state index is 11.9. The summed E-state index contributed by atoms with van der Waals surface area (Å²) in [7, 11) is 0. The maximum absolute atomic E-state index is 11.9. The molecule has 1 heterocycles. The van der Waals surface area contributed by atoms with Crippen LogP contribution in [-0.4, -0.2) is 33.9 Å². The second-order valence-corrected chi connectivity index (χ2v) is 3.96. The van der Waals surface area contributed by atoms with Gasteiger partial charge in [-0.05, 0) is 25.0 Å². The summed E-state index contributed by atoms with van der Waals surface area (Å²) in [5.74, 6) is -0.659. The van der Waals surface area contributed by atoms with Crippen LogP contribution in [-0.2, 0) is 0 Å². The Morgan fingerprint density at radius 3 is 2.53 bits per heavy atom. The van der Waals surface area contributed by atoms with Crippen molar-refractivity contribution < 1.29 is 14.8 Å². The molecule has 0 bridgehead atoms. The molecule has 6 nitrogen and oxygen atoms in total. The molecule has 0 spiro atoms. The monoisotopic (exact) mass is 236 g/mol. The number of hydrogen-bond donors (Lipinski definition) is 1. The first-order valence-corrected chi connectivity index (χ1v) is 5.36. The van der Waals surface area contributed by atoms with E-state index < -0.39 is 10.7 Å². The van der Waals surface area contributed by atoms with Crippen LogP contribution in [0.4, 0.5) is 5.69 Å². The van der Waals surface area contributed by atoms with Gasteiger partial charge in [-0.2, -0.15) is 0 Å². The minimum Gasteiger partial charge on any atom is -0.502 e. The Balaban J connectivity index is 2.25. The number of nitro groups is 1. The van der Waals surface area contributed by atoms with Crippen molar-refractivity contribution in [3.8, 4) is 5.75 Å². The fourth-order valence-corrected chi connectivity index (χ4v) is 1.91. The summed E-state index contributed by atoms with van der Waals surface area (Å²) in [5.41, 5.74) is -0.0991. The lowest BCUT2D eigenvalue weighted by atomic mass is 10.1. The summed E-state index contributed by atoms with van der Waals surface area (Å²) in [6.07, 6.45) is 1.95. The van der Waals surface area contributed by atoms with E-state index in [1.807, 2.05) is 0 Å². The zero-order valence-corrected chi connectivity index (χ0v) is 9.13. The highest BCUT2D eigenvalue weighted by Crippen LogP contribution is 2.27. The number of carbonyl (C=O) groups is 1. The highest BCUT2D eigenvalue weighted by molar-refractivity contribution is 5.95. The largest absolute Gasteiger partial charge is 0.502 e. The molecule has 0 unspecified atom stereocenters. The zero-order valence-electron chi connectivity index (χ0n) is 9.13. The van der Waals surface area contributed by atoms with Crippen LogP contribution in [0, 0.1) is 10.1 Å². The van der Waals surface area contributed by atoms with Gasteiger partial charge in [-0.3, -0.25) is 14.9 Å². The molecule has 0 atom stereocenters. The summed E-state index contributed by atoms with van der Waals surface area (Å²) < 4.78 is 0. The molecule has 1 N–H and O–H groups in total. The number of phenols is 1. The Morgan fingerprint density at radius 2 is 2.00 bits per heavy atom. The van der Waals surface area contributed by atoms with E-state index in [1.54, 1.807) is 4.90 Å². The third kappa shape index (κ3) is 2.20. The molecule has 1 aromatic carbocycles. The summed E-state index contributed by atoms with van der Waals surface area (Å²) in [6.45, 7) is 1.41. The number of benzene rings is 1. The van der Waals surface area contributed by atoms with Gasteiger partial charge in [-0.1, -0.05) is 0 Å². The van der Waals surface area contributed by atoms with Crippen molar-refractivity contribution >= 4 is 11.6 Å². The predicted octanol–water partition coefficient (Wildman–Crippen LogP) is 1.54. The number of amides is 1. The van der Waals surface area contributed by atoms with Crippen LogP contribution < -0.4 is 0 Å². The van der Waals surface area contributed by atoms with Crippen LogP contribution in [0.3, 0.4) is 0 Å². The van der Waals surface area contributed by atoms with E-state index in [9.17, 15) is 20.0 Å². The van der Waals surface area contributed by atoms with E-state index in [-0.39, 0.29) is 17.2 Å². The number of hydrogen-bond acceptors (Lipinski definition) is 4. The molecule has 0 aromatic heterocycles. The Morgan fingerprint density at radius 1 is 1.35 bits per heavy atom. The van der Waals surface area contributed by atoms with E-state index in [0.717, 1.165) is 25.0 Å². The molecule has 2 rings (SSSR count). The number of phenolic OH excluding ortho intramolecular Hbond substituents is 1. The normalized spacial score (nSPS) is 14.9. The van der Waals surface area contributed by atoms with Gasteiger partial charge in [0.25, 0.3) is 5.91 Å². The lowest BCUT2D eigenvalue weighted by Crippen LogP contribution is -2.27. The third-order valence-corrected chi connectivity index (χ3v) is 2.81. The van der Waals surface area contributed by atoms with Crippen LogP contribution in [0.5, 0.6) is 5.75 Å². The summed E-state index contributed by atoms with van der Waals surface area (Å²) in [4.78, 5) is 23.4. The van der Waals surface area contributed by atoms with Crippen molar-refractivity contribution in [1.82, 2.24) is 4.90 Å². The first-order valence-electron chi connectivity index (χ1n) is 5.36. The van der Waals surface area contributed by atoms with Crippen LogP contribution in [0.2, 0.25) is 0 Å². The highest BCUT2D eigenvalue weighted by Gasteiger charge is 2.22. The topological polar surface area (TPSA) is 83.7 Å². The van der Waals surface area contributed by atoms with E-state index in [0.29, 0.717) is 13.1 Å². The number of carbonyl (C=O) groups excluding carboxylic acids is 1. The van der Waals surface area contributed by atoms with Gasteiger partial charge in [0, 0.05) is 24.7 Å². The van der Waals surface area contributed by atoms with Crippen molar-refractivity contribution in [1.29, 1.82) is 0 Å². The minimum atomic E-state index is -0.681. The molecule has 90 valence electrons. The molecule has 1 aliphatic rings. The van der Waals surface area contributed by atoms with Crippen molar-refractivity contribution in [2.45, 2.75) is 12.8 Å². The van der Waals surface area contributed by atoms with E-state index >= 15 is 0 Å². The summed E-state index contributed by atoms with van der Waals surface area (Å²) in [5, 5.41) is 20.0. The maximum Gasteiger partial charge on any atom is 0.310 e. The van der Waals surface area contributed by atoms with E-state index in [2.05, 4.69) is 0 Å². The van der Waals surface area contributed by atoms with Crippen LogP contribution >= 0.6 is 0 Å². The van der Waals surface area contributed by atoms with Crippen LogP contribution in [0.15, 0.2) is 18.2 Å². The van der Waals surface area contributed by atoms with Gasteiger partial charge in [-0.25, -0.2) is 0 Å². The molecule has 1 amide bonds. The van der Waals surface area contributed by atoms with Crippen molar-refractivity contribution in [2.75, 3.05) is 13.1 Å². The third-order valence-electron chi connectivity index (χ3n) is 2.81. The smallest absolute Gasteiger partial charge is 0.310 e. The molecule has 0 radical (unpaired) electrons. The second kappa shape index (κ2) is 4.40. The molecule has 0 aliphatic carbocycles. The Bertz CT molecular complexity index is 467. The quantitative estimate of drug-likeness (QED) is 0.623. The van der Waals surface area contributed by atoms with Crippen LogP contribution in [0.25, 0.3) is 0 Å². The standard InChI is InChI=1S/C11H12N2O4/c14-10-7-8(3-4-9(10)13(16)17)11(15)12-5-1-2-6-12/h3-4,7,14H,1-2,5-6H2. The van der Waals surface area contributed by atoms with E-state index in [1.165, 1.54) is 6.07 Å². The van der Waals surface area contributed by atoms with Gasteiger partial charge in [0.05, 0.1) is 4.92 Å². The zero-order chi connectivity index (χ0) is 12.4. The predicted molar refractivity (Wildman–Crippen MR) is 59.9 cm³/mol. The molecule has 1 saturated heterocycles. The van der Waals surface area contributed by atoms with Gasteiger partial charge in [-0.15, -0.1) is 0 Å². The molecule has 0 saturated carbocycles. The minimum absolute atomic E-state index is 0.187. The van der Waals surface area contributed by atoms with Crippen molar-refractivity contribution in [3.63, 3.8) is 0 Å². The van der Waals surface area contributed by atoms with Crippen LogP contribution in [0.1, 0.15) is 23.2 Å². The van der Waals surface area contributed by atoms with Gasteiger partial charge < -0.3 is 10.0 Å². The Hall–Kier alpha value is -2.11. The fraction of sp³-hybridized carbons (Fsp3) is 0.364. The first-order chi connectivity index (χ1) is 8.09. The number of likely N-dealkylation sites (tertiary alicyclic amines) is 1. The fourth-order valence-electron chi connectivity index (χ4n) is 1.91. The lowest BCUT2D eigenvalue weighted by molar-refractivity contribution is -0.385. The average molecular weight is 236 g/mol. The lowest BCUT2D eigenvalue weighted by Gasteiger charge is -2.14. The Kier molecular flexibility index (Phi) is 2.95.